The molecule has 2 aliphatic heterocycles. The standard InChI is InChI=1S/C16H10BrN5O/c17-11-3-1-2-9(4-11)16(23)22-15-13-10(6-18-7-20-13)5-12-14(15)21-8-19-12/h1-6,8H,7H2,(H,22,23). The number of hydrogen-bond donors (Lipinski definition) is 1. The Morgan fingerprint density at radius 3 is 3.04 bits per heavy atom. The molecule has 2 aromatic carbocycles. The highest BCUT2D eigenvalue weighted by atomic mass is 79.9. The third-order valence-electron chi connectivity index (χ3n) is 3.53. The second-order valence-electron chi connectivity index (χ2n) is 5.01. The van der Waals surface area contributed by atoms with Gasteiger partial charge in [-0.15, -0.1) is 0 Å². The number of nitrogens with zero attached hydrogens (tertiary/aromatic N) is 4. The van der Waals surface area contributed by atoms with Gasteiger partial charge in [0.1, 0.15) is 18.7 Å². The van der Waals surface area contributed by atoms with Gasteiger partial charge in [-0.25, -0.2) is 9.98 Å². The van der Waals surface area contributed by atoms with Crippen molar-refractivity contribution in [1.29, 1.82) is 0 Å². The topological polar surface area (TPSA) is 78.5 Å². The fraction of sp³-hybridized carbons (Fsp3) is 0.0625. The van der Waals surface area contributed by atoms with E-state index in [2.05, 4.69) is 41.2 Å². The fourth-order valence-electron chi connectivity index (χ4n) is 2.50. The van der Waals surface area contributed by atoms with E-state index in [0.29, 0.717) is 34.3 Å². The number of nitrogens with one attached hydrogen (secondary N) is 1. The van der Waals surface area contributed by atoms with E-state index in [-0.39, 0.29) is 5.91 Å². The molecule has 0 bridgehead atoms. The van der Waals surface area contributed by atoms with E-state index in [9.17, 15) is 4.79 Å². The van der Waals surface area contributed by atoms with Crippen LogP contribution >= 0.6 is 15.9 Å². The summed E-state index contributed by atoms with van der Waals surface area (Å²) in [4.78, 5) is 29.6. The Morgan fingerprint density at radius 2 is 2.17 bits per heavy atom. The predicted molar refractivity (Wildman–Crippen MR) is 91.5 cm³/mol. The van der Waals surface area contributed by atoms with E-state index in [1.54, 1.807) is 18.3 Å². The number of halogens is 1. The lowest BCUT2D eigenvalue weighted by atomic mass is 10.1. The van der Waals surface area contributed by atoms with Gasteiger partial charge in [0.15, 0.2) is 0 Å². The first-order chi connectivity index (χ1) is 11.2. The summed E-state index contributed by atoms with van der Waals surface area (Å²) in [7, 11) is 0. The Hall–Kier alpha value is -2.67. The van der Waals surface area contributed by atoms with Crippen LogP contribution < -0.4 is 16.0 Å². The first kappa shape index (κ1) is 14.0. The zero-order chi connectivity index (χ0) is 15.8. The molecule has 112 valence electrons. The molecule has 2 heterocycles. The smallest absolute Gasteiger partial charge is 0.255 e. The van der Waals surface area contributed by atoms with Crippen molar-refractivity contribution in [2.45, 2.75) is 0 Å². The van der Waals surface area contributed by atoms with Gasteiger partial charge in [0.05, 0.1) is 16.4 Å². The van der Waals surface area contributed by atoms with Crippen molar-refractivity contribution in [2.75, 3.05) is 12.0 Å². The van der Waals surface area contributed by atoms with Crippen LogP contribution in [0, 0.1) is 0 Å². The Balaban J connectivity index is 1.83. The maximum atomic E-state index is 12.6. The van der Waals surface area contributed by atoms with Crippen LogP contribution in [0.5, 0.6) is 0 Å². The summed E-state index contributed by atoms with van der Waals surface area (Å²) in [6.45, 7) is 0.340. The van der Waals surface area contributed by atoms with Gasteiger partial charge in [-0.3, -0.25) is 14.8 Å². The molecule has 0 fully saturated rings. The summed E-state index contributed by atoms with van der Waals surface area (Å²) in [6, 6.07) is 9.07. The molecule has 23 heavy (non-hydrogen) atoms. The van der Waals surface area contributed by atoms with Gasteiger partial charge in [-0.05, 0) is 24.3 Å². The van der Waals surface area contributed by atoms with Crippen molar-refractivity contribution in [3.05, 3.63) is 56.6 Å². The zero-order valence-corrected chi connectivity index (χ0v) is 13.4. The lowest BCUT2D eigenvalue weighted by Crippen LogP contribution is -2.26. The van der Waals surface area contributed by atoms with Gasteiger partial charge in [0.25, 0.3) is 5.91 Å². The quantitative estimate of drug-likeness (QED) is 0.865. The Morgan fingerprint density at radius 1 is 1.26 bits per heavy atom. The number of fused-ring (bicyclic) bond motifs is 2. The van der Waals surface area contributed by atoms with Gasteiger partial charge >= 0.3 is 0 Å². The molecule has 2 aliphatic rings. The van der Waals surface area contributed by atoms with E-state index in [4.69, 9.17) is 0 Å². The highest BCUT2D eigenvalue weighted by Gasteiger charge is 2.17. The number of rotatable bonds is 2. The van der Waals surface area contributed by atoms with Gasteiger partial charge < -0.3 is 5.32 Å². The molecule has 0 aliphatic carbocycles. The first-order valence-corrected chi connectivity index (χ1v) is 7.70. The maximum Gasteiger partial charge on any atom is 0.255 e. The highest BCUT2D eigenvalue weighted by Crippen LogP contribution is 2.21. The van der Waals surface area contributed by atoms with E-state index in [1.165, 1.54) is 6.34 Å². The lowest BCUT2D eigenvalue weighted by Gasteiger charge is -2.11. The molecule has 1 N–H and O–H groups in total. The van der Waals surface area contributed by atoms with E-state index >= 15 is 0 Å². The van der Waals surface area contributed by atoms with Crippen LogP contribution in [0.1, 0.15) is 15.9 Å². The molecule has 0 saturated carbocycles. The number of aliphatic imine (C=N–C) groups is 2. The van der Waals surface area contributed by atoms with Crippen LogP contribution in [0.15, 0.2) is 54.8 Å². The van der Waals surface area contributed by atoms with Crippen LogP contribution in [0.25, 0.3) is 0 Å². The minimum atomic E-state index is -0.221. The molecule has 6 nitrogen and oxygen atoms in total. The summed E-state index contributed by atoms with van der Waals surface area (Å²) in [5.74, 6) is -0.221. The second kappa shape index (κ2) is 5.51. The lowest BCUT2D eigenvalue weighted by molar-refractivity contribution is 0.102. The van der Waals surface area contributed by atoms with Gasteiger partial charge in [-0.2, -0.15) is 0 Å². The molecule has 0 radical (unpaired) electrons. The highest BCUT2D eigenvalue weighted by molar-refractivity contribution is 9.10. The number of hydrogen-bond acceptors (Lipinski definition) is 5. The van der Waals surface area contributed by atoms with E-state index in [0.717, 1.165) is 10.0 Å². The Kier molecular flexibility index (Phi) is 3.34. The summed E-state index contributed by atoms with van der Waals surface area (Å²) in [5.41, 5.74) is 2.58. The van der Waals surface area contributed by atoms with Gasteiger partial charge in [-0.1, -0.05) is 22.0 Å². The van der Waals surface area contributed by atoms with Gasteiger partial charge in [0, 0.05) is 21.8 Å². The number of anilines is 1. The van der Waals surface area contributed by atoms with Crippen LogP contribution in [0.2, 0.25) is 0 Å². The largest absolute Gasteiger partial charge is 0.318 e. The van der Waals surface area contributed by atoms with Crippen molar-refractivity contribution in [1.82, 2.24) is 0 Å². The average molecular weight is 368 g/mol. The van der Waals surface area contributed by atoms with Gasteiger partial charge in [0.2, 0.25) is 0 Å². The predicted octanol–water partition coefficient (Wildman–Crippen LogP) is 2.00. The van der Waals surface area contributed by atoms with Crippen LogP contribution in [0.3, 0.4) is 0 Å². The summed E-state index contributed by atoms with van der Waals surface area (Å²) < 4.78 is 0.843. The third-order valence-corrected chi connectivity index (χ3v) is 4.02. The van der Waals surface area contributed by atoms with E-state index in [1.807, 2.05) is 18.2 Å². The maximum absolute atomic E-state index is 12.6. The molecule has 0 unspecified atom stereocenters. The molecule has 0 aromatic heterocycles. The van der Waals surface area contributed by atoms with Crippen molar-refractivity contribution < 1.29 is 4.79 Å². The third kappa shape index (κ3) is 2.49. The molecule has 7 heteroatoms. The van der Waals surface area contributed by atoms with Crippen molar-refractivity contribution in [3.63, 3.8) is 0 Å². The molecular weight excluding hydrogens is 358 g/mol. The van der Waals surface area contributed by atoms with Crippen molar-refractivity contribution >= 4 is 45.8 Å². The molecule has 0 saturated heterocycles. The molecule has 1 amide bonds. The second-order valence-corrected chi connectivity index (χ2v) is 5.92. The average Bonchev–Trinajstić information content (AvgIpc) is 3.02. The number of benzene rings is 2. The normalized spacial score (nSPS) is 13.8. The monoisotopic (exact) mass is 367 g/mol. The molecule has 0 spiro atoms. The van der Waals surface area contributed by atoms with Crippen LogP contribution in [-0.4, -0.2) is 25.1 Å². The molecule has 4 rings (SSSR count). The number of carbonyl (C=O) groups excluding carboxylic acids is 1. The molecule has 2 aromatic rings. The van der Waals surface area contributed by atoms with E-state index < -0.39 is 0 Å². The minimum absolute atomic E-state index is 0.221. The van der Waals surface area contributed by atoms with Crippen molar-refractivity contribution in [2.24, 2.45) is 20.0 Å². The summed E-state index contributed by atoms with van der Waals surface area (Å²) in [6.07, 6.45) is 3.22. The van der Waals surface area contributed by atoms with Crippen molar-refractivity contribution in [3.8, 4) is 0 Å². The molecular formula is C16H10BrN5O. The summed E-state index contributed by atoms with van der Waals surface area (Å²) >= 11 is 3.37. The number of amides is 1. The zero-order valence-electron chi connectivity index (χ0n) is 11.8. The van der Waals surface area contributed by atoms with Crippen LogP contribution in [-0.2, 0) is 0 Å². The van der Waals surface area contributed by atoms with Crippen LogP contribution in [0.4, 0.5) is 11.4 Å². The summed E-state index contributed by atoms with van der Waals surface area (Å²) in [5, 5.41) is 4.32. The Bertz CT molecular complexity index is 1010. The fourth-order valence-corrected chi connectivity index (χ4v) is 2.90. The SMILES string of the molecule is O=C(Nc1c2c(cc3c1=NCN=C3)=NC=N2)c1cccc(Br)c1. The Labute approximate surface area is 139 Å². The minimum Gasteiger partial charge on any atom is -0.318 e. The number of carbonyl (C=O) groups is 1. The first-order valence-electron chi connectivity index (χ1n) is 6.91. The molecule has 0 atom stereocenters.